The molecule has 0 fully saturated rings. The van der Waals surface area contributed by atoms with Crippen molar-refractivity contribution in [2.24, 2.45) is 16.2 Å². The predicted octanol–water partition coefficient (Wildman–Crippen LogP) is 3.70. The molecule has 2 atom stereocenters. The number of hydrogen-bond donors (Lipinski definition) is 3. The normalized spacial score (nSPS) is 16.1. The molecule has 16 heteroatoms. The van der Waals surface area contributed by atoms with Gasteiger partial charge in [-0.15, -0.1) is 0 Å². The molecule has 0 aromatic rings. The van der Waals surface area contributed by atoms with E-state index in [4.69, 9.17) is 27.8 Å². The maximum atomic E-state index is 14.0. The fourth-order valence-corrected chi connectivity index (χ4v) is 6.29. The number of nitrogens with one attached hydrogen (secondary N) is 1. The molecule has 0 amide bonds. The van der Waals surface area contributed by atoms with Gasteiger partial charge in [-0.3, -0.25) is 37.1 Å². The molecule has 0 spiro atoms. The summed E-state index contributed by atoms with van der Waals surface area (Å²) in [6, 6.07) is 0. The van der Waals surface area contributed by atoms with Gasteiger partial charge >= 0.3 is 33.1 Å². The van der Waals surface area contributed by atoms with Gasteiger partial charge in [0, 0.05) is 6.42 Å². The Morgan fingerprint density at radius 1 is 0.692 bits per heavy atom. The van der Waals surface area contributed by atoms with Crippen molar-refractivity contribution < 1.29 is 61.3 Å². The fourth-order valence-electron chi connectivity index (χ4n) is 2.38. The zero-order valence-electron chi connectivity index (χ0n) is 24.5. The Hall–Kier alpha value is -1.37. The lowest BCUT2D eigenvalue weighted by molar-refractivity contribution is -0.162. The molecular formula is C23H45NO13P2. The summed E-state index contributed by atoms with van der Waals surface area (Å²) in [4.78, 5) is 47.1. The Kier molecular flexibility index (Phi) is 14.0. The summed E-state index contributed by atoms with van der Waals surface area (Å²) in [5.74, 6) is -2.32. The van der Waals surface area contributed by atoms with Crippen molar-refractivity contribution in [3.8, 4) is 0 Å². The summed E-state index contributed by atoms with van der Waals surface area (Å²) in [6.45, 7) is 10.9. The second kappa shape index (κ2) is 14.5. The number of carbonyl (C=O) groups is 3. The fraction of sp³-hybridized carbons (Fsp3) is 0.870. The molecule has 230 valence electrons. The smallest absolute Gasteiger partial charge is 0.380 e. The number of ether oxygens (including phenoxy) is 3. The largest absolute Gasteiger partial charge is 0.438 e. The summed E-state index contributed by atoms with van der Waals surface area (Å²) in [7, 11) is -9.07. The molecule has 0 saturated carbocycles. The molecule has 39 heavy (non-hydrogen) atoms. The monoisotopic (exact) mass is 605 g/mol. The molecule has 2 unspecified atom stereocenters. The van der Waals surface area contributed by atoms with Crippen LogP contribution in [0.4, 0.5) is 0 Å². The first kappa shape index (κ1) is 37.6. The highest BCUT2D eigenvalue weighted by Crippen LogP contribution is 2.76. The SMILES string of the molecule is CNCCCC(O)(P(=O)(O)OCOC(=O)C(C)(C)C)P(=O)(OCOC(=O)C(C)(C)C)OCOC(=O)C(C)(C)C. The summed E-state index contributed by atoms with van der Waals surface area (Å²) >= 11 is 0. The van der Waals surface area contributed by atoms with E-state index in [-0.39, 0.29) is 13.0 Å². The van der Waals surface area contributed by atoms with Gasteiger partial charge in [-0.1, -0.05) is 0 Å². The first-order chi connectivity index (χ1) is 17.4. The lowest BCUT2D eigenvalue weighted by atomic mass is 9.98. The van der Waals surface area contributed by atoms with Crippen LogP contribution in [-0.4, -0.2) is 67.0 Å². The summed E-state index contributed by atoms with van der Waals surface area (Å²) in [5, 5.41) is 11.0. The van der Waals surface area contributed by atoms with Gasteiger partial charge in [0.2, 0.25) is 20.4 Å². The van der Waals surface area contributed by atoms with Crippen LogP contribution in [0.25, 0.3) is 0 Å². The van der Waals surface area contributed by atoms with Crippen molar-refractivity contribution in [2.75, 3.05) is 34.0 Å². The van der Waals surface area contributed by atoms with E-state index in [0.29, 0.717) is 0 Å². The van der Waals surface area contributed by atoms with Crippen LogP contribution in [0.15, 0.2) is 0 Å². The highest BCUT2D eigenvalue weighted by atomic mass is 31.2. The van der Waals surface area contributed by atoms with Crippen molar-refractivity contribution in [2.45, 2.75) is 80.2 Å². The molecule has 3 N–H and O–H groups in total. The first-order valence-corrected chi connectivity index (χ1v) is 15.3. The predicted molar refractivity (Wildman–Crippen MR) is 140 cm³/mol. The molecule has 0 aromatic heterocycles. The average molecular weight is 606 g/mol. The number of esters is 3. The van der Waals surface area contributed by atoms with Crippen molar-refractivity contribution in [3.05, 3.63) is 0 Å². The molecule has 0 aliphatic heterocycles. The van der Waals surface area contributed by atoms with Crippen LogP contribution in [0.1, 0.15) is 75.2 Å². The van der Waals surface area contributed by atoms with Crippen LogP contribution < -0.4 is 5.32 Å². The Balaban J connectivity index is 6.23. The number of aliphatic hydroxyl groups is 1. The van der Waals surface area contributed by atoms with Gasteiger partial charge in [-0.25, -0.2) is 0 Å². The van der Waals surface area contributed by atoms with E-state index >= 15 is 0 Å². The van der Waals surface area contributed by atoms with Crippen LogP contribution in [-0.2, 0) is 51.3 Å². The minimum atomic E-state index is -5.42. The Labute approximate surface area is 230 Å². The third kappa shape index (κ3) is 11.6. The third-order valence-corrected chi connectivity index (χ3v) is 9.98. The molecular weight excluding hydrogens is 560 g/mol. The van der Waals surface area contributed by atoms with E-state index in [1.165, 1.54) is 20.8 Å². The van der Waals surface area contributed by atoms with Gasteiger partial charge in [0.05, 0.1) is 16.2 Å². The molecule has 0 rings (SSSR count). The van der Waals surface area contributed by atoms with Gasteiger partial charge in [-0.2, -0.15) is 0 Å². The van der Waals surface area contributed by atoms with Crippen molar-refractivity contribution in [1.29, 1.82) is 0 Å². The molecule has 14 nitrogen and oxygen atoms in total. The Morgan fingerprint density at radius 3 is 1.33 bits per heavy atom. The number of carbonyl (C=O) groups excluding carboxylic acids is 3. The minimum absolute atomic E-state index is 0.0387. The molecule has 0 aliphatic rings. The van der Waals surface area contributed by atoms with E-state index in [2.05, 4.69) is 5.32 Å². The van der Waals surface area contributed by atoms with Crippen molar-refractivity contribution in [1.82, 2.24) is 5.32 Å². The average Bonchev–Trinajstić information content (AvgIpc) is 2.76. The van der Waals surface area contributed by atoms with Gasteiger partial charge in [0.15, 0.2) is 0 Å². The third-order valence-electron chi connectivity index (χ3n) is 4.91. The quantitative estimate of drug-likeness (QED) is 0.0804. The molecule has 0 bridgehead atoms. The highest BCUT2D eigenvalue weighted by molar-refractivity contribution is 7.73. The molecule has 0 radical (unpaired) electrons. The Morgan fingerprint density at radius 2 is 1.03 bits per heavy atom. The molecule has 0 heterocycles. The maximum absolute atomic E-state index is 14.0. The van der Waals surface area contributed by atoms with Gasteiger partial charge < -0.3 is 29.5 Å². The lowest BCUT2D eigenvalue weighted by Crippen LogP contribution is -2.35. The molecule has 0 aromatic carbocycles. The van der Waals surface area contributed by atoms with Crippen LogP contribution in [0.5, 0.6) is 0 Å². The van der Waals surface area contributed by atoms with Crippen LogP contribution in [0.2, 0.25) is 0 Å². The van der Waals surface area contributed by atoms with Crippen LogP contribution in [0.3, 0.4) is 0 Å². The Bertz CT molecular complexity index is 898. The molecule has 0 aliphatic carbocycles. The zero-order chi connectivity index (χ0) is 30.9. The standard InChI is InChI=1S/C23H45NO13P2/c1-20(2,3)17(25)32-14-35-38(29,30)23(28,12-11-13-24-10)39(31,36-15-33-18(26)21(4,5)6)37-16-34-19(27)22(7,8)9/h24,28H,11-16H2,1-10H3,(H,29,30). The maximum Gasteiger partial charge on any atom is 0.380 e. The van der Waals surface area contributed by atoms with Gasteiger partial charge in [0.1, 0.15) is 0 Å². The van der Waals surface area contributed by atoms with E-state index in [0.717, 1.165) is 0 Å². The zero-order valence-corrected chi connectivity index (χ0v) is 26.3. The summed E-state index contributed by atoms with van der Waals surface area (Å²) in [5.41, 5.74) is -2.93. The topological polar surface area (TPSA) is 193 Å². The van der Waals surface area contributed by atoms with Gasteiger partial charge in [0.25, 0.3) is 5.08 Å². The first-order valence-electron chi connectivity index (χ1n) is 12.2. The van der Waals surface area contributed by atoms with E-state index in [1.54, 1.807) is 48.6 Å². The highest BCUT2D eigenvalue weighted by Gasteiger charge is 2.64. The number of rotatable bonds is 15. The van der Waals surface area contributed by atoms with Gasteiger partial charge in [-0.05, 0) is 82.3 Å². The number of hydrogen-bond acceptors (Lipinski definition) is 13. The second-order valence-electron chi connectivity index (χ2n) is 11.8. The lowest BCUT2D eigenvalue weighted by Gasteiger charge is -2.36. The van der Waals surface area contributed by atoms with E-state index in [9.17, 15) is 33.5 Å². The van der Waals surface area contributed by atoms with E-state index in [1.807, 2.05) is 0 Å². The van der Waals surface area contributed by atoms with Crippen LogP contribution in [0, 0.1) is 16.2 Å². The van der Waals surface area contributed by atoms with E-state index < -0.39 is 81.2 Å². The van der Waals surface area contributed by atoms with Crippen molar-refractivity contribution in [3.63, 3.8) is 0 Å². The summed E-state index contributed by atoms with van der Waals surface area (Å²) < 4.78 is 57.2. The van der Waals surface area contributed by atoms with Crippen LogP contribution >= 0.6 is 15.2 Å². The molecule has 0 saturated heterocycles. The minimum Gasteiger partial charge on any atom is -0.438 e. The summed E-state index contributed by atoms with van der Waals surface area (Å²) in [6.07, 6.45) is -0.727. The van der Waals surface area contributed by atoms with Crippen molar-refractivity contribution >= 4 is 33.1 Å². The second-order valence-corrected chi connectivity index (χ2v) is 16.4.